The number of benzene rings is 2. The van der Waals surface area contributed by atoms with Crippen LogP contribution in [-0.2, 0) is 4.74 Å². The van der Waals surface area contributed by atoms with Gasteiger partial charge in [-0.25, -0.2) is 0 Å². The zero-order chi connectivity index (χ0) is 18.0. The fourth-order valence-electron chi connectivity index (χ4n) is 2.95. The summed E-state index contributed by atoms with van der Waals surface area (Å²) >= 11 is 6.24. The quantitative estimate of drug-likeness (QED) is 0.467. The first-order valence-corrected chi connectivity index (χ1v) is 8.25. The molecule has 1 atom stereocenters. The van der Waals surface area contributed by atoms with Gasteiger partial charge in [-0.05, 0) is 25.1 Å². The number of hydrogen-bond donors (Lipinski definition) is 0. The van der Waals surface area contributed by atoms with E-state index < -0.39 is 4.92 Å². The third-order valence-corrected chi connectivity index (χ3v) is 4.58. The van der Waals surface area contributed by atoms with Crippen LogP contribution in [0.5, 0.6) is 0 Å². The largest absolute Gasteiger partial charge is 0.370 e. The van der Waals surface area contributed by atoms with E-state index in [9.17, 15) is 14.9 Å². The smallest absolute Gasteiger partial charge is 0.293 e. The van der Waals surface area contributed by atoms with Crippen LogP contribution in [0.4, 0.5) is 11.4 Å². The lowest BCUT2D eigenvalue weighted by molar-refractivity contribution is -0.384. The van der Waals surface area contributed by atoms with E-state index in [2.05, 4.69) is 0 Å². The third-order valence-electron chi connectivity index (χ3n) is 4.24. The highest BCUT2D eigenvalue weighted by Crippen LogP contribution is 2.35. The molecule has 6 nitrogen and oxygen atoms in total. The molecule has 25 heavy (non-hydrogen) atoms. The van der Waals surface area contributed by atoms with E-state index in [0.29, 0.717) is 36.0 Å². The molecule has 7 heteroatoms. The minimum absolute atomic E-state index is 0.0764. The summed E-state index contributed by atoms with van der Waals surface area (Å²) in [6, 6.07) is 12.0. The molecule has 3 rings (SSSR count). The molecule has 2 aromatic carbocycles. The van der Waals surface area contributed by atoms with E-state index in [1.807, 2.05) is 23.1 Å². The van der Waals surface area contributed by atoms with Crippen molar-refractivity contribution in [2.45, 2.75) is 13.0 Å². The van der Waals surface area contributed by atoms with Crippen molar-refractivity contribution < 1.29 is 14.5 Å². The van der Waals surface area contributed by atoms with E-state index in [1.165, 1.54) is 13.0 Å². The molecule has 0 saturated carbocycles. The molecule has 2 aromatic rings. The second-order valence-corrected chi connectivity index (χ2v) is 6.25. The van der Waals surface area contributed by atoms with Crippen LogP contribution in [0.15, 0.2) is 42.5 Å². The second kappa shape index (κ2) is 7.21. The molecule has 1 unspecified atom stereocenters. The number of halogens is 1. The van der Waals surface area contributed by atoms with E-state index in [1.54, 1.807) is 18.2 Å². The number of ether oxygens (including phenoxy) is 1. The molecule has 0 spiro atoms. The highest BCUT2D eigenvalue weighted by molar-refractivity contribution is 6.31. The van der Waals surface area contributed by atoms with Gasteiger partial charge in [-0.1, -0.05) is 29.8 Å². The van der Waals surface area contributed by atoms with Gasteiger partial charge in [0.05, 0.1) is 11.5 Å². The highest BCUT2D eigenvalue weighted by atomic mass is 35.5. The van der Waals surface area contributed by atoms with Gasteiger partial charge in [-0.2, -0.15) is 0 Å². The van der Waals surface area contributed by atoms with Crippen LogP contribution in [0, 0.1) is 10.1 Å². The molecular weight excluding hydrogens is 344 g/mol. The summed E-state index contributed by atoms with van der Waals surface area (Å²) in [7, 11) is 0. The molecule has 0 N–H and O–H groups in total. The Morgan fingerprint density at radius 1 is 1.32 bits per heavy atom. The lowest BCUT2D eigenvalue weighted by atomic mass is 10.1. The summed E-state index contributed by atoms with van der Waals surface area (Å²) in [5.41, 5.74) is 1.59. The number of Topliss-reactive ketones (excluding diaryl/α,β-unsaturated/α-hetero) is 1. The number of rotatable bonds is 4. The lowest BCUT2D eigenvalue weighted by Crippen LogP contribution is -2.38. The third kappa shape index (κ3) is 3.65. The first-order chi connectivity index (χ1) is 12.0. The molecule has 1 aliphatic heterocycles. The van der Waals surface area contributed by atoms with Crippen molar-refractivity contribution in [3.8, 4) is 0 Å². The van der Waals surface area contributed by atoms with Gasteiger partial charge < -0.3 is 9.64 Å². The molecule has 0 amide bonds. The van der Waals surface area contributed by atoms with Crippen LogP contribution < -0.4 is 4.90 Å². The van der Waals surface area contributed by atoms with Crippen LogP contribution >= 0.6 is 11.6 Å². The van der Waals surface area contributed by atoms with E-state index >= 15 is 0 Å². The Kier molecular flexibility index (Phi) is 5.01. The summed E-state index contributed by atoms with van der Waals surface area (Å²) in [5.74, 6) is -0.203. The fraction of sp³-hybridized carbons (Fsp3) is 0.278. The molecule has 1 aliphatic rings. The number of hydrogen-bond acceptors (Lipinski definition) is 5. The van der Waals surface area contributed by atoms with Crippen molar-refractivity contribution in [2.24, 2.45) is 0 Å². The Morgan fingerprint density at radius 2 is 2.08 bits per heavy atom. The van der Waals surface area contributed by atoms with Gasteiger partial charge in [0.2, 0.25) is 0 Å². The van der Waals surface area contributed by atoms with Gasteiger partial charge in [0, 0.05) is 35.3 Å². The van der Waals surface area contributed by atoms with Gasteiger partial charge >= 0.3 is 0 Å². The number of nitro groups is 1. The molecular formula is C18H17ClN2O4. The zero-order valence-electron chi connectivity index (χ0n) is 13.6. The molecule has 0 radical (unpaired) electrons. The van der Waals surface area contributed by atoms with E-state index in [4.69, 9.17) is 16.3 Å². The molecule has 0 bridgehead atoms. The van der Waals surface area contributed by atoms with Crippen LogP contribution in [0.3, 0.4) is 0 Å². The SMILES string of the molecule is CC(=O)c1ccc(N2CCOC(c3ccccc3Cl)C2)c([N+](=O)[O-])c1. The van der Waals surface area contributed by atoms with Gasteiger partial charge in [-0.3, -0.25) is 14.9 Å². The number of anilines is 1. The summed E-state index contributed by atoms with van der Waals surface area (Å²) < 4.78 is 5.81. The van der Waals surface area contributed by atoms with Gasteiger partial charge in [-0.15, -0.1) is 0 Å². The van der Waals surface area contributed by atoms with Crippen LogP contribution in [-0.4, -0.2) is 30.4 Å². The Bertz CT molecular complexity index is 824. The first-order valence-electron chi connectivity index (χ1n) is 7.87. The number of carbonyl (C=O) groups is 1. The maximum atomic E-state index is 11.5. The maximum absolute atomic E-state index is 11.5. The van der Waals surface area contributed by atoms with Crippen LogP contribution in [0.1, 0.15) is 28.9 Å². The van der Waals surface area contributed by atoms with Gasteiger partial charge in [0.25, 0.3) is 5.69 Å². The highest BCUT2D eigenvalue weighted by Gasteiger charge is 2.28. The van der Waals surface area contributed by atoms with Crippen molar-refractivity contribution in [3.63, 3.8) is 0 Å². The Hall–Kier alpha value is -2.44. The maximum Gasteiger partial charge on any atom is 0.293 e. The standard InChI is InChI=1S/C18H17ClN2O4/c1-12(22)13-6-7-16(17(10-13)21(23)24)20-8-9-25-18(11-20)14-4-2-3-5-15(14)19/h2-7,10,18H,8-9,11H2,1H3. The van der Waals surface area contributed by atoms with E-state index in [0.717, 1.165) is 5.56 Å². The molecule has 1 heterocycles. The lowest BCUT2D eigenvalue weighted by Gasteiger charge is -2.34. The van der Waals surface area contributed by atoms with Crippen molar-refractivity contribution in [1.82, 2.24) is 0 Å². The molecule has 1 saturated heterocycles. The first kappa shape index (κ1) is 17.4. The summed E-state index contributed by atoms with van der Waals surface area (Å²) in [4.78, 5) is 24.4. The normalized spacial score (nSPS) is 17.4. The number of ketones is 1. The Balaban J connectivity index is 1.92. The van der Waals surface area contributed by atoms with Gasteiger partial charge in [0.15, 0.2) is 5.78 Å². The summed E-state index contributed by atoms with van der Waals surface area (Å²) in [5, 5.41) is 12.1. The van der Waals surface area contributed by atoms with Crippen molar-refractivity contribution in [3.05, 3.63) is 68.7 Å². The monoisotopic (exact) mass is 360 g/mol. The predicted molar refractivity (Wildman–Crippen MR) is 95.5 cm³/mol. The fourth-order valence-corrected chi connectivity index (χ4v) is 3.21. The minimum atomic E-state index is -0.457. The Labute approximate surface area is 150 Å². The number of carbonyl (C=O) groups excluding carboxylic acids is 1. The average molecular weight is 361 g/mol. The number of nitro benzene ring substituents is 1. The number of nitrogens with zero attached hydrogens (tertiary/aromatic N) is 2. The predicted octanol–water partition coefficient (Wildman–Crippen LogP) is 4.03. The molecule has 1 fully saturated rings. The van der Waals surface area contributed by atoms with Gasteiger partial charge in [0.1, 0.15) is 11.8 Å². The zero-order valence-corrected chi connectivity index (χ0v) is 14.4. The summed E-state index contributed by atoms with van der Waals surface area (Å²) in [6.07, 6.45) is -0.269. The average Bonchev–Trinajstić information content (AvgIpc) is 2.61. The van der Waals surface area contributed by atoms with Crippen molar-refractivity contribution in [2.75, 3.05) is 24.6 Å². The molecule has 130 valence electrons. The molecule has 0 aromatic heterocycles. The second-order valence-electron chi connectivity index (χ2n) is 5.84. The van der Waals surface area contributed by atoms with Crippen LogP contribution in [0.2, 0.25) is 5.02 Å². The topological polar surface area (TPSA) is 72.7 Å². The number of morpholine rings is 1. The van der Waals surface area contributed by atoms with Crippen molar-refractivity contribution >= 4 is 28.8 Å². The minimum Gasteiger partial charge on any atom is -0.370 e. The Morgan fingerprint density at radius 3 is 2.76 bits per heavy atom. The van der Waals surface area contributed by atoms with Crippen molar-refractivity contribution in [1.29, 1.82) is 0 Å². The van der Waals surface area contributed by atoms with E-state index in [-0.39, 0.29) is 17.6 Å². The van der Waals surface area contributed by atoms with Crippen LogP contribution in [0.25, 0.3) is 0 Å². The molecule has 0 aliphatic carbocycles. The summed E-state index contributed by atoms with van der Waals surface area (Å²) in [6.45, 7) is 2.80.